The quantitative estimate of drug-likeness (QED) is 0.0192. The summed E-state index contributed by atoms with van der Waals surface area (Å²) >= 11 is 0. The summed E-state index contributed by atoms with van der Waals surface area (Å²) in [6.07, 6.45) is 21.1. The molecular weight excluding hydrogens is 1210 g/mol. The van der Waals surface area contributed by atoms with Crippen LogP contribution >= 0.6 is 0 Å². The number of fused-ring (bicyclic) bond motifs is 2. The van der Waals surface area contributed by atoms with Crippen LogP contribution in [-0.4, -0.2) is 140 Å². The van der Waals surface area contributed by atoms with Gasteiger partial charge in [-0.1, -0.05) is 193 Å². The van der Waals surface area contributed by atoms with E-state index in [1.165, 1.54) is 36.8 Å². The van der Waals surface area contributed by atoms with Gasteiger partial charge in [0.15, 0.2) is 5.78 Å². The van der Waals surface area contributed by atoms with Crippen molar-refractivity contribution >= 4 is 41.2 Å². The zero-order valence-corrected chi connectivity index (χ0v) is 58.6. The topological polar surface area (TPSA) is 234 Å². The van der Waals surface area contributed by atoms with Gasteiger partial charge in [0.2, 0.25) is 35.4 Å². The predicted octanol–water partition coefficient (Wildman–Crippen LogP) is 9.65. The number of unbranched alkanes of at least 4 members (excludes halogenated alkanes) is 3. The molecule has 4 aromatic carbocycles. The average Bonchev–Trinajstić information content (AvgIpc) is 1.66. The zero-order chi connectivity index (χ0) is 68.3. The summed E-state index contributed by atoms with van der Waals surface area (Å²) in [5, 5.41) is 29.6. The third-order valence-corrected chi connectivity index (χ3v) is 22.2. The molecule has 5 aliphatic rings. The van der Waals surface area contributed by atoms with Gasteiger partial charge in [0.05, 0.1) is 18.1 Å². The van der Waals surface area contributed by atoms with Gasteiger partial charge in [-0.25, -0.2) is 0 Å². The predicted molar refractivity (Wildman–Crippen MR) is 383 cm³/mol. The van der Waals surface area contributed by atoms with E-state index in [2.05, 4.69) is 89.1 Å². The van der Waals surface area contributed by atoms with E-state index in [0.29, 0.717) is 83.0 Å². The maximum atomic E-state index is 14.9. The fourth-order valence-electron chi connectivity index (χ4n) is 16.4. The minimum Gasteiger partial charge on any atom is -0.354 e. The molecule has 4 heterocycles. The number of hydrogen-bond acceptors (Lipinski definition) is 12. The fraction of sp³-hybridized carbons (Fsp3) is 0.608. The number of rotatable bonds is 37. The molecule has 0 unspecified atom stereocenters. The lowest BCUT2D eigenvalue weighted by atomic mass is 9.78. The van der Waals surface area contributed by atoms with Crippen LogP contribution in [0.1, 0.15) is 202 Å². The van der Waals surface area contributed by atoms with Crippen molar-refractivity contribution < 1.29 is 33.6 Å². The van der Waals surface area contributed by atoms with Crippen molar-refractivity contribution in [1.29, 1.82) is 0 Å². The molecule has 0 spiro atoms. The van der Waals surface area contributed by atoms with Crippen molar-refractivity contribution in [2.75, 3.05) is 40.3 Å². The first kappa shape index (κ1) is 74.4. The van der Waals surface area contributed by atoms with Crippen molar-refractivity contribution in [2.45, 2.75) is 241 Å². The standard InChI is InChI=1S/C79H115N11O7/c1-5-65(80-3)74(92)85-67-54-89-63(41-39-59(67)47-50-82-52-57-26-13-7-14-27-57)43-45-68(89)76(94)87-72(61-32-19-11-20-33-61)78(96)84-49-23-22-25-56-37-35-55(36-38-56)24-12-9-21-34-70(91)71(60-30-17-10-18-31-60)86-77(95)69-46-44-64-42-40-62(48-51-83-53-58-28-15-8-16-29-58)73(79(97)90(64)69)88-75(93)66(6-2)81-4/h7-8,10-11,13-20,26-33,55-56,59,62-69,71-73,80-83H,5-6,9,12,21-25,34-54H2,1-4H3,(H,84,96)(H,85,92)(H,86,95)(H,87,94)(H,88,93)/t55?,56?,59-,62-,63+,64+,65+,66+,67-,68+,69+,71+,72+,73+/m1/s1. The second-order valence-electron chi connectivity index (χ2n) is 28.6. The van der Waals surface area contributed by atoms with E-state index in [-0.39, 0.29) is 77.2 Å². The van der Waals surface area contributed by atoms with Gasteiger partial charge in [-0.05, 0) is 163 Å². The lowest BCUT2D eigenvalue weighted by molar-refractivity contribution is -0.144. The highest BCUT2D eigenvalue weighted by Crippen LogP contribution is 2.38. The summed E-state index contributed by atoms with van der Waals surface area (Å²) in [7, 11) is 3.58. The maximum absolute atomic E-state index is 14.9. The van der Waals surface area contributed by atoms with Crippen molar-refractivity contribution in [3.05, 3.63) is 144 Å². The molecule has 1 aliphatic carbocycles. The first-order chi connectivity index (χ1) is 47.3. The summed E-state index contributed by atoms with van der Waals surface area (Å²) < 4.78 is 0. The number of nitrogens with zero attached hydrogens (tertiary/aromatic N) is 2. The highest BCUT2D eigenvalue weighted by atomic mass is 16.2. The van der Waals surface area contributed by atoms with E-state index in [9.17, 15) is 33.6 Å². The molecule has 0 bridgehead atoms. The van der Waals surface area contributed by atoms with Crippen molar-refractivity contribution in [1.82, 2.24) is 57.7 Å². The van der Waals surface area contributed by atoms with Crippen LogP contribution < -0.4 is 47.9 Å². The Hall–Kier alpha value is -6.83. The van der Waals surface area contributed by atoms with Crippen LogP contribution in [0.4, 0.5) is 0 Å². The molecule has 9 rings (SSSR count). The van der Waals surface area contributed by atoms with Gasteiger partial charge in [-0.2, -0.15) is 0 Å². The van der Waals surface area contributed by atoms with Crippen LogP contribution in [0.5, 0.6) is 0 Å². The Labute approximate surface area is 578 Å². The summed E-state index contributed by atoms with van der Waals surface area (Å²) in [6, 6.07) is 35.3. The van der Waals surface area contributed by atoms with Crippen LogP contribution in [0.2, 0.25) is 0 Å². The highest BCUT2D eigenvalue weighted by Gasteiger charge is 2.49. The van der Waals surface area contributed by atoms with Gasteiger partial charge in [-0.15, -0.1) is 0 Å². The van der Waals surface area contributed by atoms with E-state index in [1.54, 1.807) is 11.9 Å². The molecule has 5 fully saturated rings. The van der Waals surface area contributed by atoms with Crippen LogP contribution in [0.25, 0.3) is 0 Å². The van der Waals surface area contributed by atoms with Gasteiger partial charge in [0.25, 0.3) is 0 Å². The van der Waals surface area contributed by atoms with Gasteiger partial charge < -0.3 is 52.8 Å². The number of likely N-dealkylation sites (N-methyl/N-ethyl adjacent to an activating group) is 2. The molecule has 9 N–H and O–H groups in total. The summed E-state index contributed by atoms with van der Waals surface area (Å²) in [5.74, 6) is 0.341. The Morgan fingerprint density at radius 2 is 0.959 bits per heavy atom. The number of nitrogens with one attached hydrogen (secondary N) is 9. The average molecular weight is 1330 g/mol. The number of ketones is 1. The third-order valence-electron chi connectivity index (χ3n) is 22.2. The third kappa shape index (κ3) is 21.6. The summed E-state index contributed by atoms with van der Waals surface area (Å²) in [4.78, 5) is 104. The van der Waals surface area contributed by atoms with E-state index in [0.717, 1.165) is 108 Å². The minimum atomic E-state index is -0.830. The van der Waals surface area contributed by atoms with Crippen LogP contribution in [0.15, 0.2) is 121 Å². The maximum Gasteiger partial charge on any atom is 0.247 e. The second-order valence-corrected chi connectivity index (χ2v) is 28.6. The zero-order valence-electron chi connectivity index (χ0n) is 58.6. The van der Waals surface area contributed by atoms with Crippen molar-refractivity contribution in [3.63, 3.8) is 0 Å². The van der Waals surface area contributed by atoms with Crippen molar-refractivity contribution in [2.24, 2.45) is 23.7 Å². The largest absolute Gasteiger partial charge is 0.354 e. The van der Waals surface area contributed by atoms with Crippen molar-refractivity contribution in [3.8, 4) is 0 Å². The molecule has 1 saturated carbocycles. The summed E-state index contributed by atoms with van der Waals surface area (Å²) in [5.41, 5.74) is 3.90. The van der Waals surface area contributed by atoms with Gasteiger partial charge in [0, 0.05) is 50.7 Å². The lowest BCUT2D eigenvalue weighted by Gasteiger charge is -2.34. The van der Waals surface area contributed by atoms with Gasteiger partial charge in [0.1, 0.15) is 24.2 Å². The van der Waals surface area contributed by atoms with Crippen LogP contribution in [0, 0.1) is 23.7 Å². The van der Waals surface area contributed by atoms with E-state index >= 15 is 0 Å². The van der Waals surface area contributed by atoms with E-state index in [4.69, 9.17) is 0 Å². The molecule has 0 aromatic heterocycles. The van der Waals surface area contributed by atoms with Crippen LogP contribution in [0.3, 0.4) is 0 Å². The first-order valence-electron chi connectivity index (χ1n) is 37.4. The molecule has 18 heteroatoms. The first-order valence-corrected chi connectivity index (χ1v) is 37.4. The molecule has 4 aromatic rings. The van der Waals surface area contributed by atoms with Gasteiger partial charge >= 0.3 is 0 Å². The number of amides is 6. The molecule has 6 amide bonds. The second kappa shape index (κ2) is 39.1. The smallest absolute Gasteiger partial charge is 0.247 e. The number of Topliss-reactive ketones (excluding diaryl/α,β-unsaturated/α-hetero) is 1. The number of hydrogen-bond donors (Lipinski definition) is 9. The Balaban J connectivity index is 0.693. The monoisotopic (exact) mass is 1330 g/mol. The summed E-state index contributed by atoms with van der Waals surface area (Å²) in [6.45, 7) is 8.07. The van der Waals surface area contributed by atoms with E-state index < -0.39 is 36.3 Å². The number of carbonyl (C=O) groups is 7. The number of carbonyl (C=O) groups excluding carboxylic acids is 7. The minimum absolute atomic E-state index is 0.00643. The molecule has 0 radical (unpaired) electrons. The lowest BCUT2D eigenvalue weighted by Crippen LogP contribution is -2.58. The molecule has 18 nitrogen and oxygen atoms in total. The molecule has 4 aliphatic heterocycles. The SMILES string of the molecule is CC[C@H](NC)C(=O)N[C@@H]1C(=O)N2[C@@H](CC[C@@H]1CCNCc1ccccc1)CC[C@H]2C(=O)N[C@H](C(=O)CCCCCC1CCC(CCCCNC(=O)[C@@H](NC(=O)[C@@H]2CC[C@@H]3CC[C@H](CCNCc4ccccc4)[C@H](NC(=O)[C@H](CC)NC)CN32)c2ccccc2)CC1)c1ccccc1. The molecular formula is C79H115N11O7. The fourth-order valence-corrected chi connectivity index (χ4v) is 16.4. The molecule has 97 heavy (non-hydrogen) atoms. The Morgan fingerprint density at radius 3 is 1.55 bits per heavy atom. The highest BCUT2D eigenvalue weighted by molar-refractivity contribution is 5.96. The van der Waals surface area contributed by atoms with Crippen LogP contribution in [-0.2, 0) is 46.7 Å². The van der Waals surface area contributed by atoms with Gasteiger partial charge in [-0.3, -0.25) is 38.5 Å². The van der Waals surface area contributed by atoms with E-state index in [1.807, 2.05) is 106 Å². The molecule has 12 atom stereocenters. The normalized spacial score (nSPS) is 24.7. The Kier molecular flexibility index (Phi) is 30.0. The number of benzene rings is 4. The molecule has 4 saturated heterocycles. The Bertz CT molecular complexity index is 3060. The Morgan fingerprint density at radius 1 is 0.474 bits per heavy atom. The molecule has 528 valence electrons.